The van der Waals surface area contributed by atoms with E-state index in [0.29, 0.717) is 12.1 Å². The minimum Gasteiger partial charge on any atom is -0.392 e. The van der Waals surface area contributed by atoms with Crippen LogP contribution in [0.5, 0.6) is 0 Å². The molecule has 0 amide bonds. The Labute approximate surface area is 123 Å². The van der Waals surface area contributed by atoms with Crippen molar-refractivity contribution >= 4 is 0 Å². The molecule has 1 aromatic carbocycles. The number of nitrogens with zero attached hydrogens (tertiary/aromatic N) is 2. The van der Waals surface area contributed by atoms with Crippen molar-refractivity contribution in [2.45, 2.75) is 51.9 Å². The maximum Gasteiger partial charge on any atom is 0.0681 e. The Kier molecular flexibility index (Phi) is 5.58. The van der Waals surface area contributed by atoms with Gasteiger partial charge in [-0.1, -0.05) is 24.3 Å². The molecule has 1 saturated heterocycles. The second-order valence-electron chi connectivity index (χ2n) is 6.25. The molecule has 20 heavy (non-hydrogen) atoms. The zero-order chi connectivity index (χ0) is 14.5. The van der Waals surface area contributed by atoms with Crippen molar-refractivity contribution in [3.05, 3.63) is 35.4 Å². The van der Waals surface area contributed by atoms with Crippen LogP contribution in [-0.2, 0) is 13.2 Å². The molecule has 112 valence electrons. The van der Waals surface area contributed by atoms with E-state index in [9.17, 15) is 0 Å². The highest BCUT2D eigenvalue weighted by atomic mass is 16.3. The second kappa shape index (κ2) is 7.21. The van der Waals surface area contributed by atoms with Gasteiger partial charge < -0.3 is 10.0 Å². The molecule has 0 aromatic heterocycles. The molecule has 0 saturated carbocycles. The Bertz CT molecular complexity index is 394. The summed E-state index contributed by atoms with van der Waals surface area (Å²) in [6.45, 7) is 8.13. The summed E-state index contributed by atoms with van der Waals surface area (Å²) >= 11 is 0. The molecule has 1 aliphatic heterocycles. The van der Waals surface area contributed by atoms with E-state index in [1.54, 1.807) is 0 Å². The number of hydrogen-bond acceptors (Lipinski definition) is 3. The fraction of sp³-hybridized carbons (Fsp3) is 0.647. The molecule has 1 heterocycles. The number of benzene rings is 1. The summed E-state index contributed by atoms with van der Waals surface area (Å²) in [4.78, 5) is 5.05. The molecule has 0 atom stereocenters. The van der Waals surface area contributed by atoms with Crippen LogP contribution in [0.15, 0.2) is 24.3 Å². The van der Waals surface area contributed by atoms with E-state index in [0.717, 1.165) is 12.1 Å². The minimum atomic E-state index is 0.129. The smallest absolute Gasteiger partial charge is 0.0681 e. The third-order valence-electron chi connectivity index (χ3n) is 4.49. The third-order valence-corrected chi connectivity index (χ3v) is 4.49. The van der Waals surface area contributed by atoms with Gasteiger partial charge in [0, 0.05) is 18.6 Å². The first-order valence-electron chi connectivity index (χ1n) is 7.73. The summed E-state index contributed by atoms with van der Waals surface area (Å²) in [5.41, 5.74) is 2.32. The minimum absolute atomic E-state index is 0.129. The quantitative estimate of drug-likeness (QED) is 0.895. The van der Waals surface area contributed by atoms with Gasteiger partial charge in [-0.05, 0) is 58.0 Å². The molecule has 0 unspecified atom stereocenters. The maximum atomic E-state index is 9.07. The Morgan fingerprint density at radius 2 is 1.70 bits per heavy atom. The van der Waals surface area contributed by atoms with Crippen molar-refractivity contribution in [3.63, 3.8) is 0 Å². The summed E-state index contributed by atoms with van der Waals surface area (Å²) in [6, 6.07) is 9.67. The first-order chi connectivity index (χ1) is 9.60. The van der Waals surface area contributed by atoms with Gasteiger partial charge in [-0.3, -0.25) is 4.90 Å². The van der Waals surface area contributed by atoms with Crippen LogP contribution in [0.1, 0.15) is 37.8 Å². The fourth-order valence-electron chi connectivity index (χ4n) is 3.01. The summed E-state index contributed by atoms with van der Waals surface area (Å²) in [6.07, 6.45) is 2.53. The lowest BCUT2D eigenvalue weighted by Gasteiger charge is -2.38. The number of aliphatic hydroxyl groups is 1. The molecule has 1 aromatic rings. The first kappa shape index (κ1) is 15.5. The first-order valence-corrected chi connectivity index (χ1v) is 7.73. The van der Waals surface area contributed by atoms with Gasteiger partial charge in [-0.15, -0.1) is 0 Å². The van der Waals surface area contributed by atoms with E-state index in [-0.39, 0.29) is 6.61 Å². The maximum absolute atomic E-state index is 9.07. The van der Waals surface area contributed by atoms with Crippen LogP contribution in [0.4, 0.5) is 0 Å². The number of aliphatic hydroxyl groups excluding tert-OH is 1. The number of rotatable bonds is 5. The normalized spacial score (nSPS) is 18.1. The van der Waals surface area contributed by atoms with Crippen molar-refractivity contribution in [1.82, 2.24) is 9.80 Å². The van der Waals surface area contributed by atoms with Crippen LogP contribution in [0.3, 0.4) is 0 Å². The molecule has 0 spiro atoms. The largest absolute Gasteiger partial charge is 0.392 e. The Morgan fingerprint density at radius 3 is 2.20 bits per heavy atom. The van der Waals surface area contributed by atoms with E-state index < -0.39 is 0 Å². The standard InChI is InChI=1S/C17H28N2O/c1-14(2)19-10-8-17(9-11-19)18(3)12-15-4-6-16(13-20)7-5-15/h4-7,14,17,20H,8-13H2,1-3H3. The lowest BCUT2D eigenvalue weighted by Crippen LogP contribution is -2.45. The third kappa shape index (κ3) is 4.05. The summed E-state index contributed by atoms with van der Waals surface area (Å²) in [5.74, 6) is 0. The Balaban J connectivity index is 1.84. The van der Waals surface area contributed by atoms with E-state index in [2.05, 4.69) is 42.8 Å². The Morgan fingerprint density at radius 1 is 1.15 bits per heavy atom. The zero-order valence-corrected chi connectivity index (χ0v) is 13.0. The zero-order valence-electron chi connectivity index (χ0n) is 13.0. The van der Waals surface area contributed by atoms with Crippen LogP contribution in [0.25, 0.3) is 0 Å². The highest BCUT2D eigenvalue weighted by Gasteiger charge is 2.23. The van der Waals surface area contributed by atoms with Crippen LogP contribution >= 0.6 is 0 Å². The van der Waals surface area contributed by atoms with Crippen LogP contribution in [-0.4, -0.2) is 47.1 Å². The van der Waals surface area contributed by atoms with Gasteiger partial charge in [-0.25, -0.2) is 0 Å². The highest BCUT2D eigenvalue weighted by Crippen LogP contribution is 2.19. The molecule has 0 aliphatic carbocycles. The molecule has 1 fully saturated rings. The molecular formula is C17H28N2O. The van der Waals surface area contributed by atoms with Crippen molar-refractivity contribution in [1.29, 1.82) is 0 Å². The van der Waals surface area contributed by atoms with Crippen LogP contribution < -0.4 is 0 Å². The highest BCUT2D eigenvalue weighted by molar-refractivity contribution is 5.21. The predicted molar refractivity (Wildman–Crippen MR) is 83.6 cm³/mol. The van der Waals surface area contributed by atoms with Crippen molar-refractivity contribution in [3.8, 4) is 0 Å². The lowest BCUT2D eigenvalue weighted by atomic mass is 10.0. The van der Waals surface area contributed by atoms with Gasteiger partial charge in [-0.2, -0.15) is 0 Å². The number of piperidine rings is 1. The number of likely N-dealkylation sites (tertiary alicyclic amines) is 1. The molecular weight excluding hydrogens is 248 g/mol. The summed E-state index contributed by atoms with van der Waals surface area (Å²) in [7, 11) is 2.23. The average Bonchev–Trinajstić information content (AvgIpc) is 2.48. The SMILES string of the molecule is CC(C)N1CCC(N(C)Cc2ccc(CO)cc2)CC1. The van der Waals surface area contributed by atoms with E-state index in [1.807, 2.05) is 12.1 Å². The molecule has 3 nitrogen and oxygen atoms in total. The topological polar surface area (TPSA) is 26.7 Å². The van der Waals surface area contributed by atoms with Gasteiger partial charge in [0.25, 0.3) is 0 Å². The van der Waals surface area contributed by atoms with Gasteiger partial charge in [0.05, 0.1) is 6.61 Å². The van der Waals surface area contributed by atoms with Gasteiger partial charge in [0.2, 0.25) is 0 Å². The van der Waals surface area contributed by atoms with Crippen LogP contribution in [0.2, 0.25) is 0 Å². The van der Waals surface area contributed by atoms with E-state index >= 15 is 0 Å². The van der Waals surface area contributed by atoms with Crippen molar-refractivity contribution in [2.24, 2.45) is 0 Å². The molecule has 1 N–H and O–H groups in total. The fourth-order valence-corrected chi connectivity index (χ4v) is 3.01. The van der Waals surface area contributed by atoms with Crippen molar-refractivity contribution in [2.75, 3.05) is 20.1 Å². The number of hydrogen-bond donors (Lipinski definition) is 1. The van der Waals surface area contributed by atoms with Gasteiger partial charge in [0.1, 0.15) is 0 Å². The lowest BCUT2D eigenvalue weighted by molar-refractivity contribution is 0.104. The molecule has 1 aliphatic rings. The van der Waals surface area contributed by atoms with E-state index in [4.69, 9.17) is 5.11 Å². The van der Waals surface area contributed by atoms with Crippen molar-refractivity contribution < 1.29 is 5.11 Å². The van der Waals surface area contributed by atoms with Crippen LogP contribution in [0, 0.1) is 0 Å². The molecule has 2 rings (SSSR count). The van der Waals surface area contributed by atoms with E-state index in [1.165, 1.54) is 31.5 Å². The summed E-state index contributed by atoms with van der Waals surface area (Å²) < 4.78 is 0. The summed E-state index contributed by atoms with van der Waals surface area (Å²) in [5, 5.41) is 9.07. The second-order valence-corrected chi connectivity index (χ2v) is 6.25. The predicted octanol–water partition coefficient (Wildman–Crippen LogP) is 2.48. The molecule has 0 bridgehead atoms. The van der Waals surface area contributed by atoms with Gasteiger partial charge >= 0.3 is 0 Å². The monoisotopic (exact) mass is 276 g/mol. The molecule has 0 radical (unpaired) electrons. The average molecular weight is 276 g/mol. The Hall–Kier alpha value is -0.900. The van der Waals surface area contributed by atoms with Gasteiger partial charge in [0.15, 0.2) is 0 Å². The molecule has 3 heteroatoms.